The average Bonchev–Trinajstić information content (AvgIpc) is 3.28. The maximum atomic E-state index is 6.14. The summed E-state index contributed by atoms with van der Waals surface area (Å²) in [6.45, 7) is 9.42. The summed E-state index contributed by atoms with van der Waals surface area (Å²) in [7, 11) is 0. The highest BCUT2D eigenvalue weighted by molar-refractivity contribution is 7.26. The Balaban J connectivity index is 1.80. The van der Waals surface area contributed by atoms with E-state index in [4.69, 9.17) is 14.7 Å². The number of hydrogen-bond acceptors (Lipinski definition) is 6. The van der Waals surface area contributed by atoms with Crippen LogP contribution in [0.25, 0.3) is 20.4 Å². The Labute approximate surface area is 163 Å². The number of hydrogen-bond donors (Lipinski definition) is 0. The summed E-state index contributed by atoms with van der Waals surface area (Å²) in [5, 5.41) is 1.24. The van der Waals surface area contributed by atoms with Gasteiger partial charge in [0.05, 0.1) is 22.4 Å². The van der Waals surface area contributed by atoms with E-state index < -0.39 is 0 Å². The molecule has 0 spiro atoms. The number of ether oxygens (including phenoxy) is 1. The van der Waals surface area contributed by atoms with Gasteiger partial charge in [0.25, 0.3) is 0 Å². The molecular weight excluding hydrogens is 356 g/mol. The Morgan fingerprint density at radius 1 is 1.19 bits per heavy atom. The summed E-state index contributed by atoms with van der Waals surface area (Å²) in [6, 6.07) is 0. The van der Waals surface area contributed by atoms with Crippen molar-refractivity contribution in [3.63, 3.8) is 0 Å². The number of anilines is 1. The number of aryl methyl sites for hydroxylation is 1. The molecule has 3 aromatic heterocycles. The van der Waals surface area contributed by atoms with Crippen LogP contribution in [0, 0.1) is 0 Å². The third-order valence-electron chi connectivity index (χ3n) is 5.79. The molecule has 27 heavy (non-hydrogen) atoms. The average molecular weight is 383 g/mol. The third-order valence-corrected chi connectivity index (χ3v) is 6.86. The van der Waals surface area contributed by atoms with Crippen LogP contribution in [0.15, 0.2) is 6.33 Å². The number of pyridine rings is 1. The van der Waals surface area contributed by atoms with E-state index in [1.165, 1.54) is 39.7 Å². The highest BCUT2D eigenvalue weighted by Gasteiger charge is 2.32. The zero-order chi connectivity index (χ0) is 18.6. The topological polar surface area (TPSA) is 51.1 Å². The molecule has 1 saturated heterocycles. The highest BCUT2D eigenvalue weighted by Crippen LogP contribution is 2.43. The summed E-state index contributed by atoms with van der Waals surface area (Å²) in [4.78, 5) is 18.0. The van der Waals surface area contributed by atoms with Gasteiger partial charge in [-0.2, -0.15) is 0 Å². The van der Waals surface area contributed by atoms with Gasteiger partial charge >= 0.3 is 0 Å². The van der Waals surface area contributed by atoms with E-state index in [1.54, 1.807) is 17.7 Å². The lowest BCUT2D eigenvalue weighted by Gasteiger charge is -2.33. The highest BCUT2D eigenvalue weighted by atomic mass is 32.1. The maximum Gasteiger partial charge on any atom is 0.150 e. The lowest BCUT2D eigenvalue weighted by atomic mass is 9.88. The molecule has 3 aromatic rings. The Kier molecular flexibility index (Phi) is 4.09. The predicted molar refractivity (Wildman–Crippen MR) is 111 cm³/mol. The Bertz CT molecular complexity index is 1020. The molecule has 0 aliphatic carbocycles. The van der Waals surface area contributed by atoms with Gasteiger partial charge in [-0.1, -0.05) is 13.3 Å². The first-order chi connectivity index (χ1) is 13.1. The van der Waals surface area contributed by atoms with Crippen LogP contribution in [-0.4, -0.2) is 33.6 Å². The van der Waals surface area contributed by atoms with Crippen LogP contribution in [-0.2, 0) is 24.2 Å². The van der Waals surface area contributed by atoms with Crippen molar-refractivity contribution in [1.82, 2.24) is 15.0 Å². The van der Waals surface area contributed by atoms with Crippen molar-refractivity contribution in [2.75, 3.05) is 18.0 Å². The van der Waals surface area contributed by atoms with E-state index in [0.29, 0.717) is 6.61 Å². The second-order valence-corrected chi connectivity index (χ2v) is 9.34. The fourth-order valence-corrected chi connectivity index (χ4v) is 5.65. The van der Waals surface area contributed by atoms with Crippen molar-refractivity contribution in [3.8, 4) is 0 Å². The van der Waals surface area contributed by atoms with E-state index in [9.17, 15) is 0 Å². The molecule has 5 heterocycles. The van der Waals surface area contributed by atoms with Crippen LogP contribution < -0.4 is 4.90 Å². The van der Waals surface area contributed by atoms with Crippen LogP contribution in [0.1, 0.15) is 56.9 Å². The molecule has 1 fully saturated rings. The van der Waals surface area contributed by atoms with Crippen molar-refractivity contribution in [1.29, 1.82) is 0 Å². The van der Waals surface area contributed by atoms with Gasteiger partial charge in [0.15, 0.2) is 0 Å². The van der Waals surface area contributed by atoms with Gasteiger partial charge in [0.1, 0.15) is 17.0 Å². The van der Waals surface area contributed by atoms with E-state index >= 15 is 0 Å². The molecule has 0 bridgehead atoms. The van der Waals surface area contributed by atoms with Crippen molar-refractivity contribution in [3.05, 3.63) is 23.1 Å². The van der Waals surface area contributed by atoms with Gasteiger partial charge in [0.2, 0.25) is 0 Å². The molecule has 142 valence electrons. The van der Waals surface area contributed by atoms with Gasteiger partial charge < -0.3 is 9.64 Å². The minimum Gasteiger partial charge on any atom is -0.370 e. The molecule has 0 saturated carbocycles. The van der Waals surface area contributed by atoms with Crippen molar-refractivity contribution in [2.45, 2.75) is 65.1 Å². The van der Waals surface area contributed by atoms with Gasteiger partial charge in [-0.25, -0.2) is 15.0 Å². The summed E-state index contributed by atoms with van der Waals surface area (Å²) in [5.41, 5.74) is 4.83. The van der Waals surface area contributed by atoms with E-state index in [1.807, 2.05) is 0 Å². The smallest absolute Gasteiger partial charge is 0.150 e. The van der Waals surface area contributed by atoms with E-state index in [-0.39, 0.29) is 5.60 Å². The van der Waals surface area contributed by atoms with Gasteiger partial charge in [0, 0.05) is 36.2 Å². The number of thiophene rings is 1. The van der Waals surface area contributed by atoms with Crippen LogP contribution in [0.5, 0.6) is 0 Å². The quantitative estimate of drug-likeness (QED) is 0.660. The normalized spacial score (nSPS) is 19.1. The summed E-state index contributed by atoms with van der Waals surface area (Å²) in [6.07, 6.45) is 7.23. The monoisotopic (exact) mass is 382 g/mol. The molecular formula is C21H26N4OS. The molecule has 0 aromatic carbocycles. The zero-order valence-corrected chi connectivity index (χ0v) is 17.2. The molecule has 2 aliphatic heterocycles. The third kappa shape index (κ3) is 2.81. The van der Waals surface area contributed by atoms with Crippen LogP contribution in [0.2, 0.25) is 0 Å². The zero-order valence-electron chi connectivity index (χ0n) is 16.3. The Morgan fingerprint density at radius 2 is 2.00 bits per heavy atom. The first kappa shape index (κ1) is 17.3. The number of nitrogens with zero attached hydrogens (tertiary/aromatic N) is 4. The first-order valence-electron chi connectivity index (χ1n) is 10.0. The van der Waals surface area contributed by atoms with Crippen molar-refractivity contribution >= 4 is 37.6 Å². The predicted octanol–water partition coefficient (Wildman–Crippen LogP) is 4.64. The maximum absolute atomic E-state index is 6.14. The summed E-state index contributed by atoms with van der Waals surface area (Å²) in [5.74, 6) is 1.10. The molecule has 0 atom stereocenters. The second-order valence-electron chi connectivity index (χ2n) is 8.34. The standard InChI is InChI=1S/C21H26N4OS/c1-4-7-15-14-11-26-21(2,3)10-13(14)16-17-18(27-20(16)24-15)19(23-12-22-17)25-8-5-6-9-25/h12H,4-11H2,1-3H3. The number of rotatable bonds is 3. The minimum absolute atomic E-state index is 0.149. The molecule has 5 rings (SSSR count). The molecule has 0 unspecified atom stereocenters. The minimum atomic E-state index is -0.149. The summed E-state index contributed by atoms with van der Waals surface area (Å²) >= 11 is 1.77. The molecule has 0 radical (unpaired) electrons. The number of aromatic nitrogens is 3. The van der Waals surface area contributed by atoms with E-state index in [2.05, 4.69) is 30.7 Å². The van der Waals surface area contributed by atoms with E-state index in [0.717, 1.165) is 48.5 Å². The lowest BCUT2D eigenvalue weighted by molar-refractivity contribution is -0.0401. The van der Waals surface area contributed by atoms with Crippen LogP contribution in [0.3, 0.4) is 0 Å². The lowest BCUT2D eigenvalue weighted by Crippen LogP contribution is -2.32. The Hall–Kier alpha value is -1.79. The summed E-state index contributed by atoms with van der Waals surface area (Å²) < 4.78 is 7.34. The second kappa shape index (κ2) is 6.38. The van der Waals surface area contributed by atoms with Crippen LogP contribution in [0.4, 0.5) is 5.82 Å². The Morgan fingerprint density at radius 3 is 2.78 bits per heavy atom. The molecule has 2 aliphatic rings. The van der Waals surface area contributed by atoms with Gasteiger partial charge in [-0.05, 0) is 38.7 Å². The molecule has 0 amide bonds. The SMILES string of the molecule is CCCc1nc2sc3c(N4CCCC4)ncnc3c2c2c1COC(C)(C)C2. The molecule has 5 nitrogen and oxygen atoms in total. The fourth-order valence-electron chi connectivity index (χ4n) is 4.46. The number of fused-ring (bicyclic) bond motifs is 5. The van der Waals surface area contributed by atoms with Crippen LogP contribution >= 0.6 is 11.3 Å². The largest absolute Gasteiger partial charge is 0.370 e. The van der Waals surface area contributed by atoms with Crippen molar-refractivity contribution in [2.24, 2.45) is 0 Å². The fraction of sp³-hybridized carbons (Fsp3) is 0.571. The van der Waals surface area contributed by atoms with Gasteiger partial charge in [-0.3, -0.25) is 0 Å². The van der Waals surface area contributed by atoms with Crippen molar-refractivity contribution < 1.29 is 4.74 Å². The molecule has 6 heteroatoms. The van der Waals surface area contributed by atoms with Gasteiger partial charge in [-0.15, -0.1) is 11.3 Å². The first-order valence-corrected chi connectivity index (χ1v) is 10.9. The molecule has 0 N–H and O–H groups in total.